The number of carbonyl (C=O) groups is 1. The molecule has 0 spiro atoms. The molecule has 1 fully saturated rings. The maximum absolute atomic E-state index is 12.9. The van der Waals surface area contributed by atoms with Crippen LogP contribution in [0.5, 0.6) is 0 Å². The third-order valence-corrected chi connectivity index (χ3v) is 6.47. The van der Waals surface area contributed by atoms with E-state index in [4.69, 9.17) is 4.74 Å². The van der Waals surface area contributed by atoms with Gasteiger partial charge in [0.25, 0.3) is 5.91 Å². The van der Waals surface area contributed by atoms with Gasteiger partial charge in [0, 0.05) is 16.6 Å². The summed E-state index contributed by atoms with van der Waals surface area (Å²) < 4.78 is 5.59. The lowest BCUT2D eigenvalue weighted by Crippen LogP contribution is -3.14. The van der Waals surface area contributed by atoms with E-state index < -0.39 is 0 Å². The molecule has 2 aromatic heterocycles. The SMILES string of the molecule is CCc1cc([C@H](c2ccccn2)[NH+]2CCOCC2)c(NC(=O)c2ccccc2)s1. The molecule has 1 amide bonds. The first kappa shape index (κ1) is 19.8. The number of thiophene rings is 1. The smallest absolute Gasteiger partial charge is 0.256 e. The summed E-state index contributed by atoms with van der Waals surface area (Å²) in [4.78, 5) is 20.2. The Morgan fingerprint density at radius 3 is 2.62 bits per heavy atom. The molecule has 1 aromatic carbocycles. The van der Waals surface area contributed by atoms with Gasteiger partial charge in [0.1, 0.15) is 23.8 Å². The quantitative estimate of drug-likeness (QED) is 0.659. The van der Waals surface area contributed by atoms with Crippen molar-refractivity contribution in [2.24, 2.45) is 0 Å². The minimum absolute atomic E-state index is 0.0720. The highest BCUT2D eigenvalue weighted by Crippen LogP contribution is 2.35. The molecule has 0 bridgehead atoms. The van der Waals surface area contributed by atoms with E-state index in [1.54, 1.807) is 11.3 Å². The van der Waals surface area contributed by atoms with Gasteiger partial charge in [0.05, 0.1) is 18.8 Å². The van der Waals surface area contributed by atoms with Crippen molar-refractivity contribution in [1.29, 1.82) is 0 Å². The lowest BCUT2D eigenvalue weighted by Gasteiger charge is -2.31. The minimum Gasteiger partial charge on any atom is -0.370 e. The molecule has 3 heterocycles. The normalized spacial score (nSPS) is 15.8. The van der Waals surface area contributed by atoms with Crippen molar-refractivity contribution >= 4 is 22.2 Å². The van der Waals surface area contributed by atoms with E-state index in [-0.39, 0.29) is 11.9 Å². The molecule has 0 radical (unpaired) electrons. The van der Waals surface area contributed by atoms with E-state index in [1.165, 1.54) is 9.78 Å². The lowest BCUT2D eigenvalue weighted by atomic mass is 10.0. The number of amides is 1. The average Bonchev–Trinajstić information content (AvgIpc) is 3.18. The van der Waals surface area contributed by atoms with Crippen molar-refractivity contribution in [2.75, 3.05) is 31.6 Å². The number of nitrogens with zero attached hydrogens (tertiary/aromatic N) is 1. The van der Waals surface area contributed by atoms with Crippen LogP contribution < -0.4 is 10.2 Å². The van der Waals surface area contributed by atoms with Gasteiger partial charge in [-0.3, -0.25) is 9.78 Å². The van der Waals surface area contributed by atoms with Gasteiger partial charge in [-0.05, 0) is 36.8 Å². The summed E-state index contributed by atoms with van der Waals surface area (Å²) in [6, 6.07) is 17.7. The first-order chi connectivity index (χ1) is 14.3. The molecule has 2 N–H and O–H groups in total. The van der Waals surface area contributed by atoms with E-state index in [1.807, 2.05) is 48.7 Å². The van der Waals surface area contributed by atoms with Crippen LogP contribution in [-0.2, 0) is 11.2 Å². The standard InChI is InChI=1S/C23H25N3O2S/c1-2-18-16-19(23(29-18)25-22(27)17-8-4-3-5-9-17)21(20-10-6-7-11-24-20)26-12-14-28-15-13-26/h3-11,16,21H,2,12-15H2,1H3,(H,25,27)/p+1/t21-/m1/s1. The van der Waals surface area contributed by atoms with Crippen molar-refractivity contribution in [2.45, 2.75) is 19.4 Å². The second-order valence-electron chi connectivity index (χ2n) is 7.13. The van der Waals surface area contributed by atoms with Crippen LogP contribution in [0.1, 0.15) is 39.5 Å². The Morgan fingerprint density at radius 1 is 1.17 bits per heavy atom. The van der Waals surface area contributed by atoms with Crippen LogP contribution in [0.2, 0.25) is 0 Å². The van der Waals surface area contributed by atoms with Gasteiger partial charge in [0.2, 0.25) is 0 Å². The zero-order valence-electron chi connectivity index (χ0n) is 16.6. The molecule has 1 aliphatic heterocycles. The molecular formula is C23H26N3O2S+. The number of aryl methyl sites for hydroxylation is 1. The monoisotopic (exact) mass is 408 g/mol. The van der Waals surface area contributed by atoms with Crippen LogP contribution in [0.4, 0.5) is 5.00 Å². The zero-order valence-corrected chi connectivity index (χ0v) is 17.4. The van der Waals surface area contributed by atoms with E-state index in [9.17, 15) is 4.79 Å². The summed E-state index contributed by atoms with van der Waals surface area (Å²) in [7, 11) is 0. The lowest BCUT2D eigenvalue weighted by molar-refractivity contribution is -0.933. The van der Waals surface area contributed by atoms with Gasteiger partial charge >= 0.3 is 0 Å². The molecule has 0 unspecified atom stereocenters. The molecule has 4 rings (SSSR count). The van der Waals surface area contributed by atoms with Crippen LogP contribution in [0.15, 0.2) is 60.8 Å². The molecule has 6 heteroatoms. The molecule has 0 saturated carbocycles. The molecule has 1 aliphatic rings. The Morgan fingerprint density at radius 2 is 1.93 bits per heavy atom. The fourth-order valence-corrected chi connectivity index (χ4v) is 4.80. The molecule has 3 aromatic rings. The summed E-state index contributed by atoms with van der Waals surface area (Å²) in [5.74, 6) is -0.0758. The maximum Gasteiger partial charge on any atom is 0.256 e. The topological polar surface area (TPSA) is 55.7 Å². The Bertz CT molecular complexity index is 937. The van der Waals surface area contributed by atoms with E-state index in [0.29, 0.717) is 5.56 Å². The molecule has 0 aliphatic carbocycles. The van der Waals surface area contributed by atoms with Crippen molar-refractivity contribution in [1.82, 2.24) is 4.98 Å². The van der Waals surface area contributed by atoms with Gasteiger partial charge in [-0.2, -0.15) is 0 Å². The van der Waals surface area contributed by atoms with Crippen molar-refractivity contribution in [3.63, 3.8) is 0 Å². The number of quaternary nitrogens is 1. The van der Waals surface area contributed by atoms with Gasteiger partial charge in [0.15, 0.2) is 6.04 Å². The largest absolute Gasteiger partial charge is 0.370 e. The molecular weight excluding hydrogens is 382 g/mol. The second kappa shape index (κ2) is 9.31. The number of hydrogen-bond acceptors (Lipinski definition) is 4. The summed E-state index contributed by atoms with van der Waals surface area (Å²) in [6.45, 7) is 5.48. The van der Waals surface area contributed by atoms with Crippen molar-refractivity contribution < 1.29 is 14.4 Å². The highest BCUT2D eigenvalue weighted by Gasteiger charge is 2.32. The summed E-state index contributed by atoms with van der Waals surface area (Å²) in [5.41, 5.74) is 2.84. The highest BCUT2D eigenvalue weighted by atomic mass is 32.1. The fourth-order valence-electron chi connectivity index (χ4n) is 3.77. The van der Waals surface area contributed by atoms with Crippen LogP contribution in [0, 0.1) is 0 Å². The van der Waals surface area contributed by atoms with E-state index in [0.717, 1.165) is 49.0 Å². The van der Waals surface area contributed by atoms with E-state index >= 15 is 0 Å². The number of pyridine rings is 1. The Balaban J connectivity index is 1.72. The number of morpholine rings is 1. The number of ether oxygens (including phenoxy) is 1. The molecule has 5 nitrogen and oxygen atoms in total. The van der Waals surface area contributed by atoms with Crippen molar-refractivity contribution in [3.05, 3.63) is 82.5 Å². The summed E-state index contributed by atoms with van der Waals surface area (Å²) >= 11 is 1.67. The van der Waals surface area contributed by atoms with Crippen LogP contribution in [0.3, 0.4) is 0 Å². The highest BCUT2D eigenvalue weighted by molar-refractivity contribution is 7.16. The van der Waals surface area contributed by atoms with Crippen LogP contribution in [-0.4, -0.2) is 37.2 Å². The zero-order chi connectivity index (χ0) is 20.1. The van der Waals surface area contributed by atoms with Crippen molar-refractivity contribution in [3.8, 4) is 0 Å². The Labute approximate surface area is 175 Å². The number of nitrogens with one attached hydrogen (secondary N) is 2. The number of hydrogen-bond donors (Lipinski definition) is 2. The third kappa shape index (κ3) is 4.56. The first-order valence-corrected chi connectivity index (χ1v) is 10.9. The number of rotatable bonds is 6. The number of benzene rings is 1. The van der Waals surface area contributed by atoms with Gasteiger partial charge in [-0.1, -0.05) is 31.2 Å². The number of carbonyl (C=O) groups excluding carboxylic acids is 1. The van der Waals surface area contributed by atoms with Gasteiger partial charge in [-0.15, -0.1) is 11.3 Å². The molecule has 150 valence electrons. The summed E-state index contributed by atoms with van der Waals surface area (Å²) in [6.07, 6.45) is 2.78. The van der Waals surface area contributed by atoms with E-state index in [2.05, 4.69) is 29.4 Å². The van der Waals surface area contributed by atoms with Gasteiger partial charge in [-0.25, -0.2) is 0 Å². The van der Waals surface area contributed by atoms with Crippen LogP contribution >= 0.6 is 11.3 Å². The second-order valence-corrected chi connectivity index (χ2v) is 8.27. The number of aromatic nitrogens is 1. The first-order valence-electron chi connectivity index (χ1n) is 10.1. The maximum atomic E-state index is 12.9. The Hall–Kier alpha value is -2.54. The average molecular weight is 409 g/mol. The molecule has 29 heavy (non-hydrogen) atoms. The fraction of sp³-hybridized carbons (Fsp3) is 0.304. The van der Waals surface area contributed by atoms with Gasteiger partial charge < -0.3 is 15.0 Å². The predicted octanol–water partition coefficient (Wildman–Crippen LogP) is 2.96. The molecule has 1 saturated heterocycles. The third-order valence-electron chi connectivity index (χ3n) is 5.26. The Kier molecular flexibility index (Phi) is 6.34. The minimum atomic E-state index is -0.0758. The number of anilines is 1. The molecule has 1 atom stereocenters. The predicted molar refractivity (Wildman–Crippen MR) is 116 cm³/mol. The van der Waals surface area contributed by atoms with Crippen LogP contribution in [0.25, 0.3) is 0 Å². The summed E-state index contributed by atoms with van der Waals surface area (Å²) in [5, 5.41) is 4.10.